The Bertz CT molecular complexity index is 1330. The summed E-state index contributed by atoms with van der Waals surface area (Å²) in [6.45, 7) is 4.06. The zero-order valence-electron chi connectivity index (χ0n) is 16.7. The molecule has 0 aliphatic rings. The van der Waals surface area contributed by atoms with Gasteiger partial charge in [0.2, 0.25) is 10.0 Å². The number of hydrogen-bond acceptors (Lipinski definition) is 5. The molecule has 4 aromatic rings. The summed E-state index contributed by atoms with van der Waals surface area (Å²) in [7, 11) is -2.21. The second-order valence-corrected chi connectivity index (χ2v) is 8.99. The summed E-state index contributed by atoms with van der Waals surface area (Å²) < 4.78 is 42.7. The molecule has 0 fully saturated rings. The van der Waals surface area contributed by atoms with E-state index in [1.807, 2.05) is 18.4 Å². The summed E-state index contributed by atoms with van der Waals surface area (Å²) >= 11 is 0. The van der Waals surface area contributed by atoms with E-state index in [4.69, 9.17) is 0 Å². The lowest BCUT2D eigenvalue weighted by atomic mass is 9.99. The Morgan fingerprint density at radius 1 is 1.03 bits per heavy atom. The molecule has 0 saturated carbocycles. The number of imidazole rings is 1. The minimum Gasteiger partial charge on any atom is -0.311 e. The average molecular weight is 425 g/mol. The van der Waals surface area contributed by atoms with Gasteiger partial charge in [-0.1, -0.05) is 18.2 Å². The van der Waals surface area contributed by atoms with Gasteiger partial charge in [0, 0.05) is 17.2 Å². The quantitative estimate of drug-likeness (QED) is 0.525. The fourth-order valence-corrected chi connectivity index (χ4v) is 4.01. The smallest absolute Gasteiger partial charge is 0.240 e. The normalized spacial score (nSPS) is 12.0. The molecule has 0 saturated heterocycles. The first-order valence-electron chi connectivity index (χ1n) is 9.34. The first-order chi connectivity index (χ1) is 14.3. The number of benzene rings is 2. The van der Waals surface area contributed by atoms with Crippen LogP contribution in [0, 0.1) is 5.82 Å². The molecular formula is C21H20FN5O2S. The molecule has 1 N–H and O–H groups in total. The number of rotatable bonds is 5. The van der Waals surface area contributed by atoms with Gasteiger partial charge in [0.05, 0.1) is 17.4 Å². The molecule has 7 nitrogen and oxygen atoms in total. The number of halogens is 1. The molecule has 0 atom stereocenters. The summed E-state index contributed by atoms with van der Waals surface area (Å²) in [6, 6.07) is 11.0. The second-order valence-electron chi connectivity index (χ2n) is 7.10. The zero-order chi connectivity index (χ0) is 21.5. The highest BCUT2D eigenvalue weighted by molar-refractivity contribution is 7.89. The molecular weight excluding hydrogens is 405 g/mol. The molecule has 0 radical (unpaired) electrons. The molecule has 0 aliphatic heterocycles. The third-order valence-electron chi connectivity index (χ3n) is 4.94. The van der Waals surface area contributed by atoms with Crippen LogP contribution in [-0.2, 0) is 10.0 Å². The lowest BCUT2D eigenvalue weighted by Crippen LogP contribution is -2.18. The van der Waals surface area contributed by atoms with E-state index in [0.29, 0.717) is 22.3 Å². The van der Waals surface area contributed by atoms with Crippen LogP contribution in [0.5, 0.6) is 0 Å². The van der Waals surface area contributed by atoms with Crippen molar-refractivity contribution < 1.29 is 12.8 Å². The van der Waals surface area contributed by atoms with Gasteiger partial charge < -0.3 is 4.57 Å². The number of aromatic nitrogens is 4. The highest BCUT2D eigenvalue weighted by Gasteiger charge is 2.16. The number of fused-ring (bicyclic) bond motifs is 1. The van der Waals surface area contributed by atoms with E-state index >= 15 is 0 Å². The first-order valence-corrected chi connectivity index (χ1v) is 10.8. The van der Waals surface area contributed by atoms with E-state index in [0.717, 1.165) is 11.1 Å². The van der Waals surface area contributed by atoms with Gasteiger partial charge >= 0.3 is 0 Å². The molecule has 0 aliphatic carbocycles. The minimum absolute atomic E-state index is 0.115. The van der Waals surface area contributed by atoms with Crippen molar-refractivity contribution in [2.24, 2.45) is 0 Å². The Kier molecular flexibility index (Phi) is 5.08. The lowest BCUT2D eigenvalue weighted by Gasteiger charge is -2.10. The highest BCUT2D eigenvalue weighted by atomic mass is 32.2. The first kappa shape index (κ1) is 20.1. The van der Waals surface area contributed by atoms with E-state index in [1.54, 1.807) is 36.8 Å². The Labute approximate surface area is 173 Å². The average Bonchev–Trinajstić information content (AvgIpc) is 3.19. The van der Waals surface area contributed by atoms with Crippen molar-refractivity contribution in [2.75, 3.05) is 7.05 Å². The molecule has 2 heterocycles. The standard InChI is InChI=1S/C21H20FN5O2S/c1-13(2)27-12-24-20-18(11-25-26-21(20)27)15-6-9-19(22)17(10-15)14-4-7-16(8-5-14)30(28,29)23-3/h4-13,23H,1-3H3. The highest BCUT2D eigenvalue weighted by Crippen LogP contribution is 2.32. The van der Waals surface area contributed by atoms with Crippen LogP contribution < -0.4 is 4.72 Å². The second kappa shape index (κ2) is 7.58. The maximum atomic E-state index is 14.6. The topological polar surface area (TPSA) is 89.8 Å². The SMILES string of the molecule is CNS(=O)(=O)c1ccc(-c2cc(-c3cnnc4c3ncn4C(C)C)ccc2F)cc1. The Morgan fingerprint density at radius 3 is 2.40 bits per heavy atom. The van der Waals surface area contributed by atoms with Gasteiger partial charge in [-0.25, -0.2) is 22.5 Å². The fourth-order valence-electron chi connectivity index (χ4n) is 3.28. The summed E-state index contributed by atoms with van der Waals surface area (Å²) in [5, 5.41) is 8.30. The predicted octanol–water partition coefficient (Wildman–Crippen LogP) is 3.79. The van der Waals surface area contributed by atoms with Crippen LogP contribution in [0.4, 0.5) is 4.39 Å². The molecule has 0 spiro atoms. The van der Waals surface area contributed by atoms with Gasteiger partial charge in [-0.3, -0.25) is 0 Å². The number of nitrogens with one attached hydrogen (secondary N) is 1. The molecule has 0 amide bonds. The van der Waals surface area contributed by atoms with Crippen LogP contribution >= 0.6 is 0 Å². The van der Waals surface area contributed by atoms with Gasteiger partial charge in [0.15, 0.2) is 5.65 Å². The van der Waals surface area contributed by atoms with Crippen molar-refractivity contribution in [1.29, 1.82) is 0 Å². The molecule has 9 heteroatoms. The molecule has 2 aromatic carbocycles. The van der Waals surface area contributed by atoms with E-state index in [2.05, 4.69) is 19.9 Å². The van der Waals surface area contributed by atoms with Crippen LogP contribution in [0.2, 0.25) is 0 Å². The molecule has 30 heavy (non-hydrogen) atoms. The molecule has 0 bridgehead atoms. The lowest BCUT2D eigenvalue weighted by molar-refractivity contribution is 0.588. The van der Waals surface area contributed by atoms with Crippen LogP contribution in [0.25, 0.3) is 33.4 Å². The fraction of sp³-hybridized carbons (Fsp3) is 0.190. The summed E-state index contributed by atoms with van der Waals surface area (Å²) in [5.41, 5.74) is 3.76. The van der Waals surface area contributed by atoms with Crippen LogP contribution in [0.1, 0.15) is 19.9 Å². The summed E-state index contributed by atoms with van der Waals surface area (Å²) in [6.07, 6.45) is 3.33. The molecule has 2 aromatic heterocycles. The van der Waals surface area contributed by atoms with E-state index in [9.17, 15) is 12.8 Å². The van der Waals surface area contributed by atoms with Gasteiger partial charge in [-0.05, 0) is 56.3 Å². The Hall–Kier alpha value is -3.17. The van der Waals surface area contributed by atoms with E-state index in [1.165, 1.54) is 25.2 Å². The molecule has 4 rings (SSSR count). The largest absolute Gasteiger partial charge is 0.311 e. The number of hydrogen-bond donors (Lipinski definition) is 1. The number of nitrogens with zero attached hydrogens (tertiary/aromatic N) is 4. The van der Waals surface area contributed by atoms with Gasteiger partial charge in [-0.2, -0.15) is 5.10 Å². The summed E-state index contributed by atoms with van der Waals surface area (Å²) in [5.74, 6) is -0.408. The van der Waals surface area contributed by atoms with Crippen molar-refractivity contribution >= 4 is 21.2 Å². The molecule has 154 valence electrons. The number of sulfonamides is 1. The van der Waals surface area contributed by atoms with Crippen LogP contribution in [-0.4, -0.2) is 35.2 Å². The van der Waals surface area contributed by atoms with Gasteiger partial charge in [-0.15, -0.1) is 5.10 Å². The third-order valence-corrected chi connectivity index (χ3v) is 6.37. The maximum Gasteiger partial charge on any atom is 0.240 e. The van der Waals surface area contributed by atoms with E-state index in [-0.39, 0.29) is 10.9 Å². The van der Waals surface area contributed by atoms with Crippen molar-refractivity contribution in [1.82, 2.24) is 24.5 Å². The maximum absolute atomic E-state index is 14.6. The van der Waals surface area contributed by atoms with Gasteiger partial charge in [0.25, 0.3) is 0 Å². The molecule has 0 unspecified atom stereocenters. The van der Waals surface area contributed by atoms with Crippen molar-refractivity contribution in [3.63, 3.8) is 0 Å². The van der Waals surface area contributed by atoms with Crippen molar-refractivity contribution in [3.05, 3.63) is 60.8 Å². The van der Waals surface area contributed by atoms with Gasteiger partial charge in [0.1, 0.15) is 11.3 Å². The minimum atomic E-state index is -3.56. The third kappa shape index (κ3) is 3.46. The zero-order valence-corrected chi connectivity index (χ0v) is 17.5. The Balaban J connectivity index is 1.81. The van der Waals surface area contributed by atoms with Crippen molar-refractivity contribution in [3.8, 4) is 22.3 Å². The van der Waals surface area contributed by atoms with Crippen molar-refractivity contribution in [2.45, 2.75) is 24.8 Å². The van der Waals surface area contributed by atoms with E-state index < -0.39 is 15.8 Å². The summed E-state index contributed by atoms with van der Waals surface area (Å²) in [4.78, 5) is 4.60. The monoisotopic (exact) mass is 425 g/mol. The van der Waals surface area contributed by atoms with Crippen LogP contribution in [0.3, 0.4) is 0 Å². The predicted molar refractivity (Wildman–Crippen MR) is 113 cm³/mol. The Morgan fingerprint density at radius 2 is 1.73 bits per heavy atom. The van der Waals surface area contributed by atoms with Crippen LogP contribution in [0.15, 0.2) is 59.9 Å².